The maximum absolute atomic E-state index is 13.9. The van der Waals surface area contributed by atoms with E-state index in [9.17, 15) is 14.4 Å². The van der Waals surface area contributed by atoms with Gasteiger partial charge in [-0.1, -0.05) is 48.5 Å². The zero-order chi connectivity index (χ0) is 24.0. The quantitative estimate of drug-likeness (QED) is 0.404. The monoisotopic (exact) mass is 572 g/mol. The average molecular weight is 572 g/mol. The molecule has 1 N–H and O–H groups in total. The SMILES string of the molecule is CC1(OC(=O)C2C3c4ccccc4C(c4ccccc43)C2C(=O)OCC(=O)O)C=C(I)CCC1. The topological polar surface area (TPSA) is 89.9 Å². The van der Waals surface area contributed by atoms with Crippen LogP contribution in [0.3, 0.4) is 0 Å². The number of carbonyl (C=O) groups excluding carboxylic acids is 2. The van der Waals surface area contributed by atoms with Crippen molar-refractivity contribution >= 4 is 40.5 Å². The summed E-state index contributed by atoms with van der Waals surface area (Å²) in [5.41, 5.74) is 3.23. The Morgan fingerprint density at radius 1 is 0.941 bits per heavy atom. The predicted octanol–water partition coefficient (Wildman–Crippen LogP) is 4.94. The summed E-state index contributed by atoms with van der Waals surface area (Å²) >= 11 is 2.27. The van der Waals surface area contributed by atoms with Crippen LogP contribution in [-0.4, -0.2) is 35.2 Å². The Labute approximate surface area is 211 Å². The summed E-state index contributed by atoms with van der Waals surface area (Å²) in [5.74, 6) is -4.81. The fraction of sp³-hybridized carbons (Fsp3) is 0.370. The van der Waals surface area contributed by atoms with Crippen molar-refractivity contribution in [1.82, 2.24) is 0 Å². The number of carbonyl (C=O) groups is 3. The summed E-state index contributed by atoms with van der Waals surface area (Å²) in [6, 6.07) is 15.7. The molecule has 0 amide bonds. The number of benzene rings is 2. The molecule has 3 atom stereocenters. The van der Waals surface area contributed by atoms with Crippen molar-refractivity contribution in [1.29, 1.82) is 0 Å². The molecule has 0 radical (unpaired) electrons. The number of carboxylic acid groups (broad SMARTS) is 1. The molecular formula is C27H25IO6. The van der Waals surface area contributed by atoms with Gasteiger partial charge < -0.3 is 14.6 Å². The Morgan fingerprint density at radius 2 is 1.44 bits per heavy atom. The maximum Gasteiger partial charge on any atom is 0.341 e. The van der Waals surface area contributed by atoms with Crippen molar-refractivity contribution in [3.63, 3.8) is 0 Å². The highest BCUT2D eigenvalue weighted by Gasteiger charge is 2.57. The Kier molecular flexibility index (Phi) is 6.00. The van der Waals surface area contributed by atoms with Gasteiger partial charge in [-0.15, -0.1) is 0 Å². The first-order valence-electron chi connectivity index (χ1n) is 11.5. The van der Waals surface area contributed by atoms with E-state index in [2.05, 4.69) is 22.6 Å². The van der Waals surface area contributed by atoms with E-state index in [-0.39, 0.29) is 5.92 Å². The Balaban J connectivity index is 1.61. The molecule has 0 aromatic heterocycles. The van der Waals surface area contributed by atoms with E-state index in [1.165, 1.54) is 0 Å². The lowest BCUT2D eigenvalue weighted by Gasteiger charge is -2.49. The minimum atomic E-state index is -1.23. The van der Waals surface area contributed by atoms with Crippen LogP contribution in [0, 0.1) is 11.8 Å². The second kappa shape index (κ2) is 8.83. The number of aliphatic carboxylic acids is 1. The Bertz CT molecular complexity index is 1160. The second-order valence-electron chi connectivity index (χ2n) is 9.44. The number of halogens is 1. The summed E-state index contributed by atoms with van der Waals surface area (Å²) in [7, 11) is 0. The molecule has 0 heterocycles. The van der Waals surface area contributed by atoms with Gasteiger partial charge in [0, 0.05) is 11.8 Å². The third-order valence-corrected chi connectivity index (χ3v) is 8.05. The van der Waals surface area contributed by atoms with E-state index in [4.69, 9.17) is 14.6 Å². The Morgan fingerprint density at radius 3 is 1.91 bits per heavy atom. The molecule has 4 aliphatic carbocycles. The van der Waals surface area contributed by atoms with Crippen LogP contribution in [-0.2, 0) is 23.9 Å². The van der Waals surface area contributed by atoms with Crippen LogP contribution >= 0.6 is 22.6 Å². The number of allylic oxidation sites excluding steroid dienone is 1. The molecule has 0 spiro atoms. The van der Waals surface area contributed by atoms with Crippen LogP contribution in [0.4, 0.5) is 0 Å². The minimum absolute atomic E-state index is 0.373. The molecule has 3 unspecified atom stereocenters. The fourth-order valence-corrected chi connectivity index (χ4v) is 6.98. The van der Waals surface area contributed by atoms with Crippen LogP contribution in [0.15, 0.2) is 58.2 Å². The van der Waals surface area contributed by atoms with Crippen LogP contribution in [0.1, 0.15) is 60.3 Å². The van der Waals surface area contributed by atoms with Crippen LogP contribution in [0.25, 0.3) is 0 Å². The third-order valence-electron chi connectivity index (χ3n) is 7.20. The van der Waals surface area contributed by atoms with Gasteiger partial charge in [0.1, 0.15) is 5.60 Å². The van der Waals surface area contributed by atoms with E-state index in [1.807, 2.05) is 61.5 Å². The molecule has 0 saturated carbocycles. The lowest BCUT2D eigenvalue weighted by molar-refractivity contribution is -0.172. The van der Waals surface area contributed by atoms with Gasteiger partial charge in [0.25, 0.3) is 0 Å². The standard InChI is InChI=1S/C27H25IO6/c1-27(12-6-7-15(28)13-27)34-26(32)24-22-18-10-4-2-8-16(18)21(17-9-3-5-11-19(17)22)23(24)25(31)33-14-20(29)30/h2-5,8-11,13,21-24H,6-7,12,14H2,1H3,(H,29,30). The molecular weight excluding hydrogens is 547 g/mol. The lowest BCUT2D eigenvalue weighted by atomic mass is 9.54. The van der Waals surface area contributed by atoms with Gasteiger partial charge >= 0.3 is 17.9 Å². The number of fused-ring (bicyclic) bond motifs is 1. The molecule has 34 heavy (non-hydrogen) atoms. The van der Waals surface area contributed by atoms with E-state index in [0.29, 0.717) is 6.42 Å². The normalized spacial score (nSPS) is 28.8. The van der Waals surface area contributed by atoms with Crippen LogP contribution in [0.5, 0.6) is 0 Å². The first kappa shape index (κ1) is 23.1. The highest BCUT2D eigenvalue weighted by Crippen LogP contribution is 2.59. The zero-order valence-corrected chi connectivity index (χ0v) is 20.9. The molecule has 0 aliphatic heterocycles. The molecule has 0 saturated heterocycles. The van der Waals surface area contributed by atoms with Crippen LogP contribution in [0.2, 0.25) is 0 Å². The van der Waals surface area contributed by atoms with Crippen molar-refractivity contribution in [3.8, 4) is 0 Å². The van der Waals surface area contributed by atoms with E-state index in [0.717, 1.165) is 38.7 Å². The molecule has 176 valence electrons. The van der Waals surface area contributed by atoms with Gasteiger partial charge in [0.15, 0.2) is 6.61 Å². The van der Waals surface area contributed by atoms with Gasteiger partial charge in [-0.3, -0.25) is 9.59 Å². The summed E-state index contributed by atoms with van der Waals surface area (Å²) in [4.78, 5) is 38.3. The highest BCUT2D eigenvalue weighted by molar-refractivity contribution is 14.1. The second-order valence-corrected chi connectivity index (χ2v) is 10.8. The summed E-state index contributed by atoms with van der Waals surface area (Å²) < 4.78 is 12.5. The van der Waals surface area contributed by atoms with Crippen molar-refractivity contribution in [2.75, 3.05) is 6.61 Å². The van der Waals surface area contributed by atoms with Gasteiger partial charge in [-0.05, 0) is 80.7 Å². The predicted molar refractivity (Wildman–Crippen MR) is 133 cm³/mol. The number of rotatable bonds is 5. The molecule has 6 rings (SSSR count). The summed E-state index contributed by atoms with van der Waals surface area (Å²) in [6.07, 6.45) is 4.60. The van der Waals surface area contributed by atoms with Crippen LogP contribution < -0.4 is 0 Å². The molecule has 6 nitrogen and oxygen atoms in total. The smallest absolute Gasteiger partial charge is 0.341 e. The summed E-state index contributed by atoms with van der Waals surface area (Å²) in [6.45, 7) is 1.17. The minimum Gasteiger partial charge on any atom is -0.479 e. The average Bonchev–Trinajstić information content (AvgIpc) is 2.81. The van der Waals surface area contributed by atoms with Gasteiger partial charge in [-0.25, -0.2) is 4.79 Å². The number of hydrogen-bond acceptors (Lipinski definition) is 5. The van der Waals surface area contributed by atoms with Crippen molar-refractivity contribution in [2.24, 2.45) is 11.8 Å². The van der Waals surface area contributed by atoms with E-state index in [1.54, 1.807) is 0 Å². The summed E-state index contributed by atoms with van der Waals surface area (Å²) in [5, 5.41) is 9.08. The molecule has 2 aromatic rings. The lowest BCUT2D eigenvalue weighted by Crippen LogP contribution is -2.49. The fourth-order valence-electron chi connectivity index (χ4n) is 5.93. The molecule has 7 heteroatoms. The largest absolute Gasteiger partial charge is 0.479 e. The van der Waals surface area contributed by atoms with Gasteiger partial charge in [0.2, 0.25) is 0 Å². The third kappa shape index (κ3) is 3.93. The van der Waals surface area contributed by atoms with E-state index >= 15 is 0 Å². The van der Waals surface area contributed by atoms with Crippen molar-refractivity contribution in [3.05, 3.63) is 80.4 Å². The molecule has 0 fully saturated rings. The number of carboxylic acids is 1. The Hall–Kier alpha value is -2.68. The first-order valence-corrected chi connectivity index (χ1v) is 12.5. The first-order chi connectivity index (χ1) is 16.3. The zero-order valence-electron chi connectivity index (χ0n) is 18.7. The van der Waals surface area contributed by atoms with Crippen molar-refractivity contribution < 1.29 is 29.0 Å². The maximum atomic E-state index is 13.9. The highest BCUT2D eigenvalue weighted by atomic mass is 127. The number of hydrogen-bond donors (Lipinski definition) is 1. The van der Waals surface area contributed by atoms with Crippen molar-refractivity contribution in [2.45, 2.75) is 43.6 Å². The molecule has 2 bridgehead atoms. The number of esters is 2. The molecule has 4 aliphatic rings. The molecule has 2 aromatic carbocycles. The van der Waals surface area contributed by atoms with E-state index < -0.39 is 47.9 Å². The van der Waals surface area contributed by atoms with Gasteiger partial charge in [-0.2, -0.15) is 0 Å². The number of ether oxygens (including phenoxy) is 2. The van der Waals surface area contributed by atoms with Gasteiger partial charge in [0.05, 0.1) is 11.8 Å².